The fraction of sp³-hybridized carbons (Fsp3) is 0.188. The highest BCUT2D eigenvalue weighted by atomic mass is 16.3. The average Bonchev–Trinajstić information content (AvgIpc) is 2.85. The van der Waals surface area contributed by atoms with Crippen LogP contribution in [0.25, 0.3) is 16.9 Å². The zero-order valence-corrected chi connectivity index (χ0v) is 11.9. The summed E-state index contributed by atoms with van der Waals surface area (Å²) in [5.74, 6) is 0.257. The van der Waals surface area contributed by atoms with Crippen LogP contribution in [0.2, 0.25) is 0 Å². The molecule has 3 aromatic rings. The number of hydrogen-bond donors (Lipinski definition) is 1. The highest BCUT2D eigenvalue weighted by Crippen LogP contribution is 2.33. The number of fused-ring (bicyclic) bond motifs is 1. The second-order valence-corrected chi connectivity index (χ2v) is 5.08. The Morgan fingerprint density at radius 2 is 2.10 bits per heavy atom. The third-order valence-corrected chi connectivity index (χ3v) is 3.60. The van der Waals surface area contributed by atoms with Gasteiger partial charge in [-0.2, -0.15) is 0 Å². The first-order chi connectivity index (χ1) is 10.2. The Morgan fingerprint density at radius 1 is 1.29 bits per heavy atom. The number of rotatable bonds is 3. The van der Waals surface area contributed by atoms with Gasteiger partial charge in [0.15, 0.2) is 0 Å². The molecule has 2 aromatic heterocycles. The molecule has 0 saturated heterocycles. The fourth-order valence-corrected chi connectivity index (χ4v) is 2.58. The van der Waals surface area contributed by atoms with E-state index in [1.54, 1.807) is 22.7 Å². The molecule has 2 heterocycles. The van der Waals surface area contributed by atoms with Gasteiger partial charge in [0.05, 0.1) is 6.61 Å². The van der Waals surface area contributed by atoms with Gasteiger partial charge >= 0.3 is 0 Å². The van der Waals surface area contributed by atoms with Crippen LogP contribution < -0.4 is 0 Å². The summed E-state index contributed by atoms with van der Waals surface area (Å²) in [7, 11) is 0. The van der Waals surface area contributed by atoms with E-state index >= 15 is 0 Å². The van der Waals surface area contributed by atoms with Gasteiger partial charge < -0.3 is 5.11 Å². The molecule has 0 spiro atoms. The number of aliphatic hydroxyl groups is 1. The van der Waals surface area contributed by atoms with Gasteiger partial charge in [-0.25, -0.2) is 4.98 Å². The Labute approximate surface area is 121 Å². The number of hydrogen-bond acceptors (Lipinski definition) is 4. The molecule has 0 saturated carbocycles. The molecule has 0 aliphatic carbocycles. The molecule has 0 fully saturated rings. The van der Waals surface area contributed by atoms with Crippen LogP contribution in [-0.4, -0.2) is 14.5 Å². The summed E-state index contributed by atoms with van der Waals surface area (Å²) in [5, 5.41) is 12.6. The first kappa shape index (κ1) is 13.5. The quantitative estimate of drug-likeness (QED) is 0.747. The van der Waals surface area contributed by atoms with Gasteiger partial charge in [0.1, 0.15) is 11.3 Å². The summed E-state index contributed by atoms with van der Waals surface area (Å²) in [6.07, 6.45) is 1.73. The normalized spacial score (nSPS) is 11.0. The predicted molar refractivity (Wildman–Crippen MR) is 81.5 cm³/mol. The van der Waals surface area contributed by atoms with Crippen molar-refractivity contribution in [1.29, 1.82) is 0 Å². The first-order valence-corrected chi connectivity index (χ1v) is 6.67. The molecule has 5 nitrogen and oxygen atoms in total. The van der Waals surface area contributed by atoms with Crippen LogP contribution >= 0.6 is 0 Å². The van der Waals surface area contributed by atoms with Crippen molar-refractivity contribution >= 4 is 11.5 Å². The lowest BCUT2D eigenvalue weighted by Crippen LogP contribution is -1.90. The molecule has 21 heavy (non-hydrogen) atoms. The minimum absolute atomic E-state index is 0.133. The lowest BCUT2D eigenvalue weighted by Gasteiger charge is -2.04. The lowest BCUT2D eigenvalue weighted by molar-refractivity contribution is 0.282. The van der Waals surface area contributed by atoms with Crippen LogP contribution in [0.4, 0.5) is 5.82 Å². The zero-order valence-electron chi connectivity index (χ0n) is 11.9. The third-order valence-electron chi connectivity index (χ3n) is 3.60. The monoisotopic (exact) mass is 281 g/mol. The number of benzene rings is 1. The Balaban J connectivity index is 2.34. The lowest BCUT2D eigenvalue weighted by atomic mass is 10.0. The van der Waals surface area contributed by atoms with E-state index in [-0.39, 0.29) is 12.4 Å². The number of aryl methyl sites for hydroxylation is 2. The van der Waals surface area contributed by atoms with Crippen LogP contribution in [0.1, 0.15) is 16.7 Å². The van der Waals surface area contributed by atoms with Gasteiger partial charge in [-0.3, -0.25) is 4.40 Å². The molecule has 3 rings (SSSR count). The van der Waals surface area contributed by atoms with E-state index in [2.05, 4.69) is 10.2 Å². The maximum Gasteiger partial charge on any atom is 0.209 e. The Bertz CT molecular complexity index is 837. The van der Waals surface area contributed by atoms with Crippen molar-refractivity contribution in [2.45, 2.75) is 20.5 Å². The van der Waals surface area contributed by atoms with Crippen LogP contribution in [0.5, 0.6) is 0 Å². The van der Waals surface area contributed by atoms with Crippen LogP contribution in [0, 0.1) is 18.8 Å². The van der Waals surface area contributed by atoms with Gasteiger partial charge in [-0.15, -0.1) is 4.91 Å². The number of aromatic nitrogens is 2. The van der Waals surface area contributed by atoms with Gasteiger partial charge in [-0.1, -0.05) is 29.8 Å². The molecule has 106 valence electrons. The standard InChI is InChI=1S/C16H15N3O2/c1-10-5-6-13(11(2)8-10)14-16(18-21)19-7-3-4-12(9-20)15(19)17-14/h3-8,20H,9H2,1-2H3. The summed E-state index contributed by atoms with van der Waals surface area (Å²) in [5.41, 5.74) is 4.83. The Hall–Kier alpha value is -2.53. The molecular weight excluding hydrogens is 266 g/mol. The van der Waals surface area contributed by atoms with Crippen LogP contribution in [0.3, 0.4) is 0 Å². The smallest absolute Gasteiger partial charge is 0.209 e. The number of pyridine rings is 1. The SMILES string of the molecule is Cc1ccc(-c2nc3c(CO)cccn3c2N=O)c(C)c1. The van der Waals surface area contributed by atoms with Crippen molar-refractivity contribution < 1.29 is 5.11 Å². The second kappa shape index (κ2) is 5.10. The third kappa shape index (κ3) is 2.11. The number of imidazole rings is 1. The predicted octanol–water partition coefficient (Wildman–Crippen LogP) is 3.51. The first-order valence-electron chi connectivity index (χ1n) is 6.67. The summed E-state index contributed by atoms with van der Waals surface area (Å²) < 4.78 is 1.62. The summed E-state index contributed by atoms with van der Waals surface area (Å²) in [4.78, 5) is 15.8. The maximum atomic E-state index is 11.3. The molecule has 1 aromatic carbocycles. The van der Waals surface area contributed by atoms with E-state index in [0.29, 0.717) is 16.9 Å². The molecule has 0 radical (unpaired) electrons. The molecule has 0 atom stereocenters. The van der Waals surface area contributed by atoms with Crippen molar-refractivity contribution in [3.63, 3.8) is 0 Å². The number of nitroso groups, excluding NO2 is 1. The minimum Gasteiger partial charge on any atom is -0.392 e. The topological polar surface area (TPSA) is 67.0 Å². The van der Waals surface area contributed by atoms with Gasteiger partial charge in [0, 0.05) is 17.3 Å². The maximum absolute atomic E-state index is 11.3. The number of nitrogens with zero attached hydrogens (tertiary/aromatic N) is 3. The van der Waals surface area contributed by atoms with Crippen molar-refractivity contribution in [3.8, 4) is 11.3 Å². The van der Waals surface area contributed by atoms with Crippen molar-refractivity contribution in [3.05, 3.63) is 58.1 Å². The van der Waals surface area contributed by atoms with E-state index in [9.17, 15) is 10.0 Å². The largest absolute Gasteiger partial charge is 0.392 e. The van der Waals surface area contributed by atoms with E-state index in [4.69, 9.17) is 0 Å². The highest BCUT2D eigenvalue weighted by molar-refractivity contribution is 5.77. The van der Waals surface area contributed by atoms with E-state index < -0.39 is 0 Å². The van der Waals surface area contributed by atoms with E-state index in [1.807, 2.05) is 32.0 Å². The van der Waals surface area contributed by atoms with Gasteiger partial charge in [0.2, 0.25) is 5.82 Å². The molecular formula is C16H15N3O2. The number of aliphatic hydroxyl groups excluding tert-OH is 1. The molecule has 1 N–H and O–H groups in total. The summed E-state index contributed by atoms with van der Waals surface area (Å²) in [6, 6.07) is 9.51. The van der Waals surface area contributed by atoms with E-state index in [0.717, 1.165) is 16.7 Å². The van der Waals surface area contributed by atoms with Crippen molar-refractivity contribution in [2.24, 2.45) is 5.18 Å². The molecule has 0 amide bonds. The Kier molecular flexibility index (Phi) is 3.27. The fourth-order valence-electron chi connectivity index (χ4n) is 2.58. The molecule has 0 unspecified atom stereocenters. The van der Waals surface area contributed by atoms with Crippen molar-refractivity contribution in [1.82, 2.24) is 9.38 Å². The highest BCUT2D eigenvalue weighted by Gasteiger charge is 2.18. The Morgan fingerprint density at radius 3 is 2.76 bits per heavy atom. The van der Waals surface area contributed by atoms with Crippen LogP contribution in [0.15, 0.2) is 41.7 Å². The molecule has 0 aliphatic heterocycles. The average molecular weight is 281 g/mol. The molecule has 0 aliphatic rings. The summed E-state index contributed by atoms with van der Waals surface area (Å²) in [6.45, 7) is 3.86. The van der Waals surface area contributed by atoms with Crippen LogP contribution in [-0.2, 0) is 6.61 Å². The van der Waals surface area contributed by atoms with Crippen molar-refractivity contribution in [2.75, 3.05) is 0 Å². The molecule has 0 bridgehead atoms. The zero-order chi connectivity index (χ0) is 15.0. The minimum atomic E-state index is -0.133. The molecule has 5 heteroatoms. The van der Waals surface area contributed by atoms with Gasteiger partial charge in [0.25, 0.3) is 0 Å². The second-order valence-electron chi connectivity index (χ2n) is 5.08. The van der Waals surface area contributed by atoms with Gasteiger partial charge in [-0.05, 0) is 30.7 Å². The van der Waals surface area contributed by atoms with E-state index in [1.165, 1.54) is 0 Å². The summed E-state index contributed by atoms with van der Waals surface area (Å²) >= 11 is 0.